The van der Waals surface area contributed by atoms with Crippen LogP contribution in [0.2, 0.25) is 0 Å². The van der Waals surface area contributed by atoms with Crippen LogP contribution in [0.5, 0.6) is 0 Å². The summed E-state index contributed by atoms with van der Waals surface area (Å²) in [6.07, 6.45) is 0.856. The van der Waals surface area contributed by atoms with E-state index < -0.39 is 0 Å². The highest BCUT2D eigenvalue weighted by Crippen LogP contribution is 2.26. The molecule has 3 aromatic rings. The average Bonchev–Trinajstić information content (AvgIpc) is 2.63. The van der Waals surface area contributed by atoms with Gasteiger partial charge in [-0.3, -0.25) is 0 Å². The minimum absolute atomic E-state index is 0.428. The summed E-state index contributed by atoms with van der Waals surface area (Å²) in [7, 11) is 0. The van der Waals surface area contributed by atoms with Crippen LogP contribution in [0, 0.1) is 22.7 Å². The van der Waals surface area contributed by atoms with Crippen molar-refractivity contribution < 1.29 is 0 Å². The van der Waals surface area contributed by atoms with E-state index in [1.807, 2.05) is 24.3 Å². The molecule has 2 nitrogen and oxygen atoms in total. The molecule has 3 aromatic carbocycles. The molecule has 0 bridgehead atoms. The molecule has 0 aliphatic carbocycles. The van der Waals surface area contributed by atoms with Crippen LogP contribution in [0.25, 0.3) is 22.3 Å². The van der Waals surface area contributed by atoms with Gasteiger partial charge < -0.3 is 0 Å². The first-order chi connectivity index (χ1) is 11.8. The number of nitrogens with zero attached hydrogens (tertiary/aromatic N) is 2. The van der Waals surface area contributed by atoms with Crippen LogP contribution < -0.4 is 0 Å². The van der Waals surface area contributed by atoms with Crippen molar-refractivity contribution in [2.75, 3.05) is 0 Å². The molecule has 0 saturated carbocycles. The maximum Gasteiger partial charge on any atom is 0.0669 e. The van der Waals surface area contributed by atoms with Gasteiger partial charge in [0.1, 0.15) is 0 Å². The largest absolute Gasteiger partial charge is 0.198 e. The van der Waals surface area contributed by atoms with Gasteiger partial charge in [-0.2, -0.15) is 10.5 Å². The summed E-state index contributed by atoms with van der Waals surface area (Å²) in [5, 5.41) is 17.7. The lowest BCUT2D eigenvalue weighted by Gasteiger charge is -2.07. The maximum absolute atomic E-state index is 8.83. The van der Waals surface area contributed by atoms with Crippen molar-refractivity contribution in [3.63, 3.8) is 0 Å². The second-order valence-electron chi connectivity index (χ2n) is 5.65. The Hall–Kier alpha value is -3.36. The highest BCUT2D eigenvalue weighted by atomic mass is 14.2. The van der Waals surface area contributed by atoms with Crippen molar-refractivity contribution in [3.05, 3.63) is 83.9 Å². The van der Waals surface area contributed by atoms with Crippen molar-refractivity contribution in [2.45, 2.75) is 12.8 Å². The number of nitriles is 2. The lowest BCUT2D eigenvalue weighted by Crippen LogP contribution is -1.86. The van der Waals surface area contributed by atoms with Crippen molar-refractivity contribution in [2.24, 2.45) is 0 Å². The zero-order valence-corrected chi connectivity index (χ0v) is 13.2. The summed E-state index contributed by atoms with van der Waals surface area (Å²) in [6, 6.07) is 28.9. The average molecular weight is 308 g/mol. The fraction of sp³-hybridized carbons (Fsp3) is 0.0909. The van der Waals surface area contributed by atoms with Gasteiger partial charge in [0.25, 0.3) is 0 Å². The van der Waals surface area contributed by atoms with Gasteiger partial charge >= 0.3 is 0 Å². The van der Waals surface area contributed by atoms with Gasteiger partial charge in [0, 0.05) is 0 Å². The van der Waals surface area contributed by atoms with E-state index in [0.29, 0.717) is 12.8 Å². The molecule has 0 amide bonds. The summed E-state index contributed by atoms with van der Waals surface area (Å²) in [4.78, 5) is 0. The highest BCUT2D eigenvalue weighted by Gasteiger charge is 2.03. The van der Waals surface area contributed by atoms with E-state index in [4.69, 9.17) is 10.5 Å². The molecule has 0 aliphatic heterocycles. The fourth-order valence-corrected chi connectivity index (χ4v) is 2.76. The fourth-order valence-electron chi connectivity index (χ4n) is 2.76. The zero-order chi connectivity index (χ0) is 16.8. The minimum Gasteiger partial charge on any atom is -0.198 e. The van der Waals surface area contributed by atoms with Gasteiger partial charge in [-0.05, 0) is 33.4 Å². The number of hydrogen-bond donors (Lipinski definition) is 0. The molecule has 0 atom stereocenters. The lowest BCUT2D eigenvalue weighted by atomic mass is 9.97. The molecule has 0 heterocycles. The third kappa shape index (κ3) is 3.51. The maximum atomic E-state index is 8.83. The van der Waals surface area contributed by atoms with E-state index in [-0.39, 0.29) is 0 Å². The highest BCUT2D eigenvalue weighted by molar-refractivity contribution is 5.71. The zero-order valence-electron chi connectivity index (χ0n) is 13.2. The second kappa shape index (κ2) is 7.27. The molecule has 0 unspecified atom stereocenters. The van der Waals surface area contributed by atoms with Crippen molar-refractivity contribution in [1.29, 1.82) is 10.5 Å². The summed E-state index contributed by atoms with van der Waals surface area (Å²) < 4.78 is 0. The van der Waals surface area contributed by atoms with E-state index >= 15 is 0 Å². The van der Waals surface area contributed by atoms with Crippen LogP contribution in [0.3, 0.4) is 0 Å². The van der Waals surface area contributed by atoms with Crippen LogP contribution in [-0.4, -0.2) is 0 Å². The first-order valence-corrected chi connectivity index (χ1v) is 7.83. The van der Waals surface area contributed by atoms with Gasteiger partial charge in [-0.25, -0.2) is 0 Å². The molecule has 114 valence electrons. The van der Waals surface area contributed by atoms with Crippen molar-refractivity contribution >= 4 is 0 Å². The Kier molecular flexibility index (Phi) is 4.70. The number of rotatable bonds is 4. The van der Waals surface area contributed by atoms with Crippen molar-refractivity contribution in [3.8, 4) is 34.4 Å². The van der Waals surface area contributed by atoms with Gasteiger partial charge in [-0.1, -0.05) is 72.8 Å². The van der Waals surface area contributed by atoms with E-state index in [1.165, 1.54) is 0 Å². The molecule has 0 spiro atoms. The summed E-state index contributed by atoms with van der Waals surface area (Å²) in [5.74, 6) is 0. The Balaban J connectivity index is 1.88. The minimum atomic E-state index is 0.428. The van der Waals surface area contributed by atoms with E-state index in [1.54, 1.807) is 0 Å². The molecular formula is C22H16N2. The quantitative estimate of drug-likeness (QED) is 0.669. The molecule has 3 rings (SSSR count). The monoisotopic (exact) mass is 308 g/mol. The lowest BCUT2D eigenvalue weighted by molar-refractivity contribution is 1.26. The van der Waals surface area contributed by atoms with Gasteiger partial charge in [0.05, 0.1) is 25.0 Å². The SMILES string of the molecule is N#CCc1cccc(-c2ccc(-c3cccc(CC#N)c3)cc2)c1. The summed E-state index contributed by atoms with van der Waals surface area (Å²) in [6.45, 7) is 0. The number of benzene rings is 3. The van der Waals surface area contributed by atoms with Gasteiger partial charge in [0.2, 0.25) is 0 Å². The van der Waals surface area contributed by atoms with Crippen LogP contribution >= 0.6 is 0 Å². The van der Waals surface area contributed by atoms with E-state index in [9.17, 15) is 0 Å². The summed E-state index contributed by atoms with van der Waals surface area (Å²) in [5.41, 5.74) is 6.56. The predicted molar refractivity (Wildman–Crippen MR) is 95.9 cm³/mol. The van der Waals surface area contributed by atoms with Crippen molar-refractivity contribution in [1.82, 2.24) is 0 Å². The topological polar surface area (TPSA) is 47.6 Å². The molecule has 0 N–H and O–H groups in total. The van der Waals surface area contributed by atoms with Gasteiger partial charge in [0.15, 0.2) is 0 Å². The Morgan fingerprint density at radius 1 is 0.542 bits per heavy atom. The smallest absolute Gasteiger partial charge is 0.0669 e. The van der Waals surface area contributed by atoms with Gasteiger partial charge in [-0.15, -0.1) is 0 Å². The van der Waals surface area contributed by atoms with Crippen LogP contribution in [-0.2, 0) is 12.8 Å². The molecule has 0 aliphatic rings. The first-order valence-electron chi connectivity index (χ1n) is 7.83. The Bertz CT molecular complexity index is 847. The summed E-state index contributed by atoms with van der Waals surface area (Å²) >= 11 is 0. The standard InChI is InChI=1S/C22H16N2/c23-13-11-17-3-1-5-21(15-17)19-7-9-20(10-8-19)22-6-2-4-18(16-22)12-14-24/h1-10,15-16H,11-12H2. The Labute approximate surface area is 142 Å². The molecule has 0 aromatic heterocycles. The van der Waals surface area contributed by atoms with E-state index in [0.717, 1.165) is 33.4 Å². The molecule has 0 radical (unpaired) electrons. The number of hydrogen-bond acceptors (Lipinski definition) is 2. The Morgan fingerprint density at radius 3 is 1.33 bits per heavy atom. The van der Waals surface area contributed by atoms with Crippen LogP contribution in [0.15, 0.2) is 72.8 Å². The normalized spacial score (nSPS) is 9.92. The van der Waals surface area contributed by atoms with E-state index in [2.05, 4.69) is 60.7 Å². The molecular weight excluding hydrogens is 292 g/mol. The third-order valence-corrected chi connectivity index (χ3v) is 3.97. The second-order valence-corrected chi connectivity index (χ2v) is 5.65. The molecule has 2 heteroatoms. The molecule has 0 fully saturated rings. The first kappa shape index (κ1) is 15.5. The Morgan fingerprint density at radius 2 is 0.958 bits per heavy atom. The van der Waals surface area contributed by atoms with Crippen LogP contribution in [0.1, 0.15) is 11.1 Å². The molecule has 0 saturated heterocycles. The third-order valence-electron chi connectivity index (χ3n) is 3.97. The molecule has 24 heavy (non-hydrogen) atoms. The van der Waals surface area contributed by atoms with Crippen LogP contribution in [0.4, 0.5) is 0 Å². The predicted octanol–water partition coefficient (Wildman–Crippen LogP) is 5.15.